The molecule has 0 bridgehead atoms. The van der Waals surface area contributed by atoms with E-state index in [2.05, 4.69) is 39.7 Å². The molecule has 5 nitrogen and oxygen atoms in total. The Bertz CT molecular complexity index is 254. The fourth-order valence-corrected chi connectivity index (χ4v) is 1.62. The van der Waals surface area contributed by atoms with E-state index in [0.717, 1.165) is 51.6 Å². The lowest BCUT2D eigenvalue weighted by molar-refractivity contribution is 0.180. The van der Waals surface area contributed by atoms with Crippen molar-refractivity contribution in [3.05, 3.63) is 12.2 Å². The summed E-state index contributed by atoms with van der Waals surface area (Å²) in [5, 5.41) is 6.59. The van der Waals surface area contributed by atoms with Crippen LogP contribution in [-0.2, 0) is 4.74 Å². The number of aliphatic imine (C=N–C) groups is 1. The highest BCUT2D eigenvalue weighted by Crippen LogP contribution is 1.87. The van der Waals surface area contributed by atoms with Gasteiger partial charge in [0, 0.05) is 46.9 Å². The van der Waals surface area contributed by atoms with Crippen LogP contribution in [0.25, 0.3) is 0 Å². The molecule has 0 saturated heterocycles. The number of hydrogen-bond donors (Lipinski definition) is 2. The van der Waals surface area contributed by atoms with Gasteiger partial charge in [0.1, 0.15) is 0 Å². The van der Waals surface area contributed by atoms with Crippen molar-refractivity contribution >= 4 is 5.96 Å². The van der Waals surface area contributed by atoms with Crippen molar-refractivity contribution in [3.8, 4) is 0 Å². The van der Waals surface area contributed by atoms with Crippen molar-refractivity contribution in [2.75, 3.05) is 54.0 Å². The first kappa shape index (κ1) is 17.9. The van der Waals surface area contributed by atoms with Crippen LogP contribution in [0.1, 0.15) is 19.8 Å². The van der Waals surface area contributed by atoms with Crippen LogP contribution >= 0.6 is 0 Å². The first-order valence-corrected chi connectivity index (χ1v) is 6.97. The number of guanidine groups is 1. The van der Waals surface area contributed by atoms with E-state index in [4.69, 9.17) is 4.74 Å². The Balaban J connectivity index is 3.60. The average molecular weight is 270 g/mol. The zero-order valence-corrected chi connectivity index (χ0v) is 12.9. The highest BCUT2D eigenvalue weighted by atomic mass is 16.5. The van der Waals surface area contributed by atoms with E-state index in [1.54, 1.807) is 14.2 Å². The van der Waals surface area contributed by atoms with E-state index in [9.17, 15) is 0 Å². The summed E-state index contributed by atoms with van der Waals surface area (Å²) in [6, 6.07) is 0. The number of nitrogens with zero attached hydrogens (tertiary/aromatic N) is 2. The Hall–Kier alpha value is -1.07. The van der Waals surface area contributed by atoms with Crippen molar-refractivity contribution in [1.82, 2.24) is 15.5 Å². The van der Waals surface area contributed by atoms with Gasteiger partial charge in [-0.1, -0.05) is 12.2 Å². The number of allylic oxidation sites excluding steroid dienone is 1. The molecule has 0 unspecified atom stereocenters. The van der Waals surface area contributed by atoms with E-state index in [0.29, 0.717) is 0 Å². The molecule has 0 aromatic carbocycles. The van der Waals surface area contributed by atoms with E-state index in [1.165, 1.54) is 0 Å². The second-order valence-corrected chi connectivity index (χ2v) is 4.43. The third-order valence-corrected chi connectivity index (χ3v) is 2.74. The molecule has 0 spiro atoms. The van der Waals surface area contributed by atoms with Crippen LogP contribution in [0, 0.1) is 0 Å². The third-order valence-electron chi connectivity index (χ3n) is 2.74. The van der Waals surface area contributed by atoms with Crippen molar-refractivity contribution in [1.29, 1.82) is 0 Å². The summed E-state index contributed by atoms with van der Waals surface area (Å²) >= 11 is 0. The molecular weight excluding hydrogens is 240 g/mol. The average Bonchev–Trinajstić information content (AvgIpc) is 2.41. The van der Waals surface area contributed by atoms with Gasteiger partial charge >= 0.3 is 0 Å². The predicted molar refractivity (Wildman–Crippen MR) is 82.8 cm³/mol. The molecule has 0 radical (unpaired) electrons. The molecule has 2 N–H and O–H groups in total. The molecule has 0 aliphatic carbocycles. The molecule has 0 aliphatic rings. The monoisotopic (exact) mass is 270 g/mol. The minimum Gasteiger partial charge on any atom is -0.385 e. The number of rotatable bonds is 10. The first-order chi connectivity index (χ1) is 9.24. The predicted octanol–water partition coefficient (Wildman–Crippen LogP) is 1.09. The molecule has 0 heterocycles. The van der Waals surface area contributed by atoms with Gasteiger partial charge in [-0.2, -0.15) is 0 Å². The standard InChI is InChI=1S/C14H30N4O/c1-5-6-7-9-16-14(15-2)17-10-12-18(3)11-8-13-19-4/h5-6H,7-13H2,1-4H3,(H2,15,16,17)/b6-5+. The molecule has 0 aromatic heterocycles. The van der Waals surface area contributed by atoms with Gasteiger partial charge in [0.25, 0.3) is 0 Å². The summed E-state index contributed by atoms with van der Waals surface area (Å²) in [7, 11) is 5.66. The fourth-order valence-electron chi connectivity index (χ4n) is 1.62. The van der Waals surface area contributed by atoms with E-state index >= 15 is 0 Å². The van der Waals surface area contributed by atoms with E-state index in [1.807, 2.05) is 6.92 Å². The number of likely N-dealkylation sites (N-methyl/N-ethyl adjacent to an activating group) is 1. The normalized spacial score (nSPS) is 12.4. The molecule has 0 aliphatic heterocycles. The molecular formula is C14H30N4O. The number of nitrogens with one attached hydrogen (secondary N) is 2. The first-order valence-electron chi connectivity index (χ1n) is 6.97. The Morgan fingerprint density at radius 2 is 2.00 bits per heavy atom. The van der Waals surface area contributed by atoms with Crippen LogP contribution in [0.3, 0.4) is 0 Å². The zero-order valence-electron chi connectivity index (χ0n) is 12.9. The summed E-state index contributed by atoms with van der Waals surface area (Å²) in [5.74, 6) is 0.870. The second-order valence-electron chi connectivity index (χ2n) is 4.43. The highest BCUT2D eigenvalue weighted by molar-refractivity contribution is 5.79. The molecule has 0 amide bonds. The smallest absolute Gasteiger partial charge is 0.191 e. The summed E-state index contributed by atoms with van der Waals surface area (Å²) in [5.41, 5.74) is 0. The lowest BCUT2D eigenvalue weighted by atomic mass is 10.4. The van der Waals surface area contributed by atoms with Gasteiger partial charge in [0.05, 0.1) is 0 Å². The largest absolute Gasteiger partial charge is 0.385 e. The molecule has 0 saturated carbocycles. The third kappa shape index (κ3) is 11.7. The Morgan fingerprint density at radius 3 is 2.63 bits per heavy atom. The number of hydrogen-bond acceptors (Lipinski definition) is 3. The topological polar surface area (TPSA) is 48.9 Å². The molecule has 0 rings (SSSR count). The van der Waals surface area contributed by atoms with Crippen LogP contribution in [-0.4, -0.2) is 64.9 Å². The lowest BCUT2D eigenvalue weighted by Gasteiger charge is -2.18. The van der Waals surface area contributed by atoms with Crippen molar-refractivity contribution in [2.45, 2.75) is 19.8 Å². The summed E-state index contributed by atoms with van der Waals surface area (Å²) < 4.78 is 5.04. The maximum Gasteiger partial charge on any atom is 0.191 e. The number of ether oxygens (including phenoxy) is 1. The van der Waals surface area contributed by atoms with Crippen molar-refractivity contribution < 1.29 is 4.74 Å². The van der Waals surface area contributed by atoms with E-state index in [-0.39, 0.29) is 0 Å². The van der Waals surface area contributed by atoms with Gasteiger partial charge in [-0.3, -0.25) is 4.99 Å². The van der Waals surface area contributed by atoms with Gasteiger partial charge in [-0.15, -0.1) is 0 Å². The van der Waals surface area contributed by atoms with Gasteiger partial charge in [0.2, 0.25) is 0 Å². The Kier molecular flexibility index (Phi) is 12.6. The number of methoxy groups -OCH3 is 1. The van der Waals surface area contributed by atoms with Gasteiger partial charge in [-0.05, 0) is 26.8 Å². The molecule has 0 aromatic rings. The van der Waals surface area contributed by atoms with Crippen LogP contribution in [0.4, 0.5) is 0 Å². The summed E-state index contributed by atoms with van der Waals surface area (Å²) in [6.45, 7) is 6.72. The van der Waals surface area contributed by atoms with Crippen LogP contribution in [0.15, 0.2) is 17.1 Å². The van der Waals surface area contributed by atoms with Crippen molar-refractivity contribution in [2.24, 2.45) is 4.99 Å². The zero-order chi connectivity index (χ0) is 14.3. The second kappa shape index (κ2) is 13.4. The van der Waals surface area contributed by atoms with Gasteiger partial charge < -0.3 is 20.3 Å². The molecule has 112 valence electrons. The summed E-state index contributed by atoms with van der Waals surface area (Å²) in [4.78, 5) is 6.48. The van der Waals surface area contributed by atoms with Crippen LogP contribution < -0.4 is 10.6 Å². The van der Waals surface area contributed by atoms with Crippen molar-refractivity contribution in [3.63, 3.8) is 0 Å². The minimum atomic E-state index is 0.825. The Morgan fingerprint density at radius 1 is 1.26 bits per heavy atom. The minimum absolute atomic E-state index is 0.825. The SMILES string of the molecule is C/C=C/CCNC(=NC)NCCN(C)CCCOC. The van der Waals surface area contributed by atoms with Crippen LogP contribution in [0.2, 0.25) is 0 Å². The molecule has 0 fully saturated rings. The molecule has 19 heavy (non-hydrogen) atoms. The maximum atomic E-state index is 5.04. The Labute approximate surface area is 118 Å². The van der Waals surface area contributed by atoms with Gasteiger partial charge in [0.15, 0.2) is 5.96 Å². The quantitative estimate of drug-likeness (QED) is 0.270. The fraction of sp³-hybridized carbons (Fsp3) is 0.786. The summed E-state index contributed by atoms with van der Waals surface area (Å²) in [6.07, 6.45) is 6.30. The highest BCUT2D eigenvalue weighted by Gasteiger charge is 1.99. The van der Waals surface area contributed by atoms with E-state index < -0.39 is 0 Å². The van der Waals surface area contributed by atoms with Gasteiger partial charge in [-0.25, -0.2) is 0 Å². The lowest BCUT2D eigenvalue weighted by Crippen LogP contribution is -2.41. The molecule has 0 atom stereocenters. The maximum absolute atomic E-state index is 5.04. The molecule has 5 heteroatoms. The van der Waals surface area contributed by atoms with Crippen LogP contribution in [0.5, 0.6) is 0 Å².